The van der Waals surface area contributed by atoms with Crippen LogP contribution >= 0.6 is 0 Å². The quantitative estimate of drug-likeness (QED) is 0.338. The minimum absolute atomic E-state index is 0.557. The van der Waals surface area contributed by atoms with E-state index in [1.54, 1.807) is 21.3 Å². The molecule has 0 rings (SSSR count). The molecule has 0 saturated carbocycles. The van der Waals surface area contributed by atoms with Crippen molar-refractivity contribution in [3.8, 4) is 0 Å². The van der Waals surface area contributed by atoms with E-state index in [-0.39, 0.29) is 0 Å². The number of carbonyl (C=O) groups is 1. The van der Waals surface area contributed by atoms with Gasteiger partial charge in [0.1, 0.15) is 6.29 Å². The standard InChI is InChI=1S/C9H21NO4Si/c1-12-15(13-2,14-3)9-5-7-10-6-4-8-11/h8,10H,4-7,9H2,1-3H3. The van der Waals surface area contributed by atoms with Crippen LogP contribution in [0.2, 0.25) is 6.04 Å². The summed E-state index contributed by atoms with van der Waals surface area (Å²) < 4.78 is 15.8. The van der Waals surface area contributed by atoms with Crippen molar-refractivity contribution >= 4 is 15.1 Å². The predicted molar refractivity (Wildman–Crippen MR) is 59.8 cm³/mol. The summed E-state index contributed by atoms with van der Waals surface area (Å²) in [4.78, 5) is 10.0. The fourth-order valence-electron chi connectivity index (χ4n) is 1.27. The molecule has 0 heterocycles. The first kappa shape index (κ1) is 14.7. The molecule has 0 aliphatic carbocycles. The van der Waals surface area contributed by atoms with Gasteiger partial charge in [-0.2, -0.15) is 0 Å². The van der Waals surface area contributed by atoms with Gasteiger partial charge in [-0.25, -0.2) is 0 Å². The number of hydrogen-bond acceptors (Lipinski definition) is 5. The number of carbonyl (C=O) groups excluding carboxylic acids is 1. The Labute approximate surface area is 92.5 Å². The van der Waals surface area contributed by atoms with Gasteiger partial charge in [-0.3, -0.25) is 0 Å². The van der Waals surface area contributed by atoms with Gasteiger partial charge < -0.3 is 23.4 Å². The van der Waals surface area contributed by atoms with Gasteiger partial charge in [0, 0.05) is 40.3 Å². The van der Waals surface area contributed by atoms with Crippen LogP contribution in [0, 0.1) is 0 Å². The maximum atomic E-state index is 10.0. The van der Waals surface area contributed by atoms with Crippen LogP contribution in [0.25, 0.3) is 0 Å². The molecule has 0 saturated heterocycles. The highest BCUT2D eigenvalue weighted by Crippen LogP contribution is 2.14. The van der Waals surface area contributed by atoms with E-state index in [9.17, 15) is 4.79 Å². The summed E-state index contributed by atoms with van der Waals surface area (Å²) in [6.45, 7) is 1.57. The minimum atomic E-state index is -2.40. The smallest absolute Gasteiger partial charge is 0.377 e. The Kier molecular flexibility index (Phi) is 8.83. The first-order chi connectivity index (χ1) is 7.24. The molecule has 0 aliphatic rings. The molecule has 0 aromatic heterocycles. The van der Waals surface area contributed by atoms with Gasteiger partial charge in [0.15, 0.2) is 0 Å². The second kappa shape index (κ2) is 8.99. The van der Waals surface area contributed by atoms with Crippen molar-refractivity contribution in [3.63, 3.8) is 0 Å². The third-order valence-corrected chi connectivity index (χ3v) is 5.04. The molecular weight excluding hydrogens is 214 g/mol. The highest BCUT2D eigenvalue weighted by Gasteiger charge is 2.36. The van der Waals surface area contributed by atoms with Crippen LogP contribution in [0.4, 0.5) is 0 Å². The maximum Gasteiger partial charge on any atom is 0.500 e. The van der Waals surface area contributed by atoms with Crippen molar-refractivity contribution in [2.24, 2.45) is 0 Å². The largest absolute Gasteiger partial charge is 0.500 e. The van der Waals surface area contributed by atoms with Gasteiger partial charge >= 0.3 is 8.80 Å². The van der Waals surface area contributed by atoms with Crippen molar-refractivity contribution < 1.29 is 18.1 Å². The Morgan fingerprint density at radius 3 is 2.20 bits per heavy atom. The topological polar surface area (TPSA) is 56.8 Å². The second-order valence-electron chi connectivity index (χ2n) is 3.10. The van der Waals surface area contributed by atoms with E-state index >= 15 is 0 Å². The van der Waals surface area contributed by atoms with Crippen LogP contribution in [-0.2, 0) is 18.1 Å². The number of nitrogens with one attached hydrogen (secondary N) is 1. The Balaban J connectivity index is 3.58. The van der Waals surface area contributed by atoms with E-state index < -0.39 is 8.80 Å². The molecule has 0 spiro atoms. The van der Waals surface area contributed by atoms with E-state index in [4.69, 9.17) is 13.3 Å². The number of aldehydes is 1. The van der Waals surface area contributed by atoms with Gasteiger partial charge in [-0.05, 0) is 13.0 Å². The highest BCUT2D eigenvalue weighted by molar-refractivity contribution is 6.60. The summed E-state index contributed by atoms with van der Waals surface area (Å²) >= 11 is 0. The predicted octanol–water partition coefficient (Wildman–Crippen LogP) is 0.433. The minimum Gasteiger partial charge on any atom is -0.377 e. The Morgan fingerprint density at radius 1 is 1.13 bits per heavy atom. The monoisotopic (exact) mass is 235 g/mol. The zero-order valence-electron chi connectivity index (χ0n) is 9.75. The van der Waals surface area contributed by atoms with E-state index in [1.165, 1.54) is 0 Å². The molecular formula is C9H21NO4Si. The van der Waals surface area contributed by atoms with Crippen LogP contribution in [0.15, 0.2) is 0 Å². The lowest BCUT2D eigenvalue weighted by Crippen LogP contribution is -2.43. The Bertz CT molecular complexity index is 156. The molecule has 0 aromatic carbocycles. The van der Waals surface area contributed by atoms with Gasteiger partial charge in [-0.15, -0.1) is 0 Å². The lowest BCUT2D eigenvalue weighted by atomic mass is 10.4. The van der Waals surface area contributed by atoms with E-state index in [1.807, 2.05) is 0 Å². The van der Waals surface area contributed by atoms with Crippen LogP contribution < -0.4 is 5.32 Å². The zero-order chi connectivity index (χ0) is 11.6. The molecule has 5 nitrogen and oxygen atoms in total. The molecule has 90 valence electrons. The molecule has 0 aliphatic heterocycles. The molecule has 0 bridgehead atoms. The summed E-state index contributed by atoms with van der Waals surface area (Å²) in [6.07, 6.45) is 2.38. The number of rotatable bonds is 10. The van der Waals surface area contributed by atoms with Crippen LogP contribution in [0.3, 0.4) is 0 Å². The van der Waals surface area contributed by atoms with E-state index in [0.717, 1.165) is 31.8 Å². The molecule has 0 amide bonds. The normalized spacial score (nSPS) is 11.7. The van der Waals surface area contributed by atoms with Crippen molar-refractivity contribution in [2.75, 3.05) is 34.4 Å². The average molecular weight is 235 g/mol. The lowest BCUT2D eigenvalue weighted by Gasteiger charge is -2.24. The molecule has 6 heteroatoms. The molecule has 0 fully saturated rings. The molecule has 0 radical (unpaired) electrons. The highest BCUT2D eigenvalue weighted by atomic mass is 28.4. The average Bonchev–Trinajstić information content (AvgIpc) is 2.29. The van der Waals surface area contributed by atoms with Crippen molar-refractivity contribution in [2.45, 2.75) is 18.9 Å². The maximum absolute atomic E-state index is 10.0. The summed E-state index contributed by atoms with van der Waals surface area (Å²) in [5, 5.41) is 3.16. The Morgan fingerprint density at radius 2 is 1.73 bits per heavy atom. The fraction of sp³-hybridized carbons (Fsp3) is 0.889. The molecule has 15 heavy (non-hydrogen) atoms. The van der Waals surface area contributed by atoms with Crippen molar-refractivity contribution in [1.29, 1.82) is 0 Å². The van der Waals surface area contributed by atoms with Gasteiger partial charge in [-0.1, -0.05) is 0 Å². The first-order valence-corrected chi connectivity index (χ1v) is 6.97. The molecule has 0 aromatic rings. The lowest BCUT2D eigenvalue weighted by molar-refractivity contribution is -0.107. The van der Waals surface area contributed by atoms with Crippen LogP contribution in [0.1, 0.15) is 12.8 Å². The fourth-order valence-corrected chi connectivity index (χ4v) is 2.99. The third-order valence-electron chi connectivity index (χ3n) is 2.21. The second-order valence-corrected chi connectivity index (χ2v) is 6.20. The summed E-state index contributed by atoms with van der Waals surface area (Å²) in [6, 6.07) is 0.782. The van der Waals surface area contributed by atoms with Crippen LogP contribution in [-0.4, -0.2) is 49.5 Å². The Hall–Kier alpha value is -0.273. The molecule has 0 atom stereocenters. The summed E-state index contributed by atoms with van der Waals surface area (Å²) in [5.74, 6) is 0. The van der Waals surface area contributed by atoms with E-state index in [2.05, 4.69) is 5.32 Å². The van der Waals surface area contributed by atoms with Crippen molar-refractivity contribution in [1.82, 2.24) is 5.32 Å². The summed E-state index contributed by atoms with van der Waals surface area (Å²) in [7, 11) is 2.44. The van der Waals surface area contributed by atoms with Gasteiger partial charge in [0.25, 0.3) is 0 Å². The molecule has 1 N–H and O–H groups in total. The summed E-state index contributed by atoms with van der Waals surface area (Å²) in [5.41, 5.74) is 0. The van der Waals surface area contributed by atoms with E-state index in [0.29, 0.717) is 6.42 Å². The zero-order valence-corrected chi connectivity index (χ0v) is 10.7. The first-order valence-electron chi connectivity index (χ1n) is 5.04. The van der Waals surface area contributed by atoms with Gasteiger partial charge in [0.2, 0.25) is 0 Å². The van der Waals surface area contributed by atoms with Crippen LogP contribution in [0.5, 0.6) is 0 Å². The van der Waals surface area contributed by atoms with Crippen molar-refractivity contribution in [3.05, 3.63) is 0 Å². The third kappa shape index (κ3) is 6.01. The SMILES string of the molecule is CO[Si](CCCNCCC=O)(OC)OC. The molecule has 0 unspecified atom stereocenters. The number of hydrogen-bond donors (Lipinski definition) is 1. The van der Waals surface area contributed by atoms with Gasteiger partial charge in [0.05, 0.1) is 0 Å².